The predicted octanol–water partition coefficient (Wildman–Crippen LogP) is 3.96. The van der Waals surface area contributed by atoms with Crippen molar-refractivity contribution in [2.24, 2.45) is 0 Å². The first-order valence-electron chi connectivity index (χ1n) is 8.92. The third kappa shape index (κ3) is 4.46. The van der Waals surface area contributed by atoms with Crippen LogP contribution in [-0.2, 0) is 15.9 Å². The molecule has 1 aliphatic rings. The lowest BCUT2D eigenvalue weighted by Crippen LogP contribution is -2.41. The molecule has 0 spiro atoms. The molecule has 2 aromatic rings. The zero-order chi connectivity index (χ0) is 19.7. The van der Waals surface area contributed by atoms with Gasteiger partial charge >= 0.3 is 13.1 Å². The molecule has 3 rings (SSSR count). The minimum absolute atomic E-state index is 0.307. The molecule has 1 aliphatic heterocycles. The molecule has 0 unspecified atom stereocenters. The molecule has 142 valence electrons. The SMILES string of the molecule is CC1(C)OB(c2cc(Cl)ccc2NC(=O)NCc2ccccc2)OC1(C)C. The zero-order valence-electron chi connectivity index (χ0n) is 16.0. The number of carbonyl (C=O) groups is 1. The summed E-state index contributed by atoms with van der Waals surface area (Å²) in [6.07, 6.45) is 0. The minimum Gasteiger partial charge on any atom is -0.399 e. The van der Waals surface area contributed by atoms with Crippen molar-refractivity contribution < 1.29 is 14.1 Å². The Morgan fingerprint density at radius 1 is 1.04 bits per heavy atom. The van der Waals surface area contributed by atoms with Gasteiger partial charge in [-0.25, -0.2) is 4.79 Å². The number of hydrogen-bond donors (Lipinski definition) is 2. The van der Waals surface area contributed by atoms with Gasteiger partial charge in [-0.2, -0.15) is 0 Å². The van der Waals surface area contributed by atoms with Crippen LogP contribution in [-0.4, -0.2) is 24.4 Å². The zero-order valence-corrected chi connectivity index (χ0v) is 16.8. The molecule has 0 saturated carbocycles. The summed E-state index contributed by atoms with van der Waals surface area (Å²) in [6, 6.07) is 14.7. The standard InChI is InChI=1S/C20H24BClN2O3/c1-19(2)20(3,4)27-21(26-19)16-12-15(22)10-11-17(16)24-18(25)23-13-14-8-6-5-7-9-14/h5-12H,13H2,1-4H3,(H2,23,24,25). The fourth-order valence-corrected chi connectivity index (χ4v) is 2.94. The van der Waals surface area contributed by atoms with Crippen LogP contribution in [0.25, 0.3) is 0 Å². The van der Waals surface area contributed by atoms with Crippen LogP contribution in [0.3, 0.4) is 0 Å². The second-order valence-electron chi connectivity index (χ2n) is 7.61. The molecule has 27 heavy (non-hydrogen) atoms. The Labute approximate surface area is 165 Å². The number of nitrogens with one attached hydrogen (secondary N) is 2. The van der Waals surface area contributed by atoms with Crippen molar-refractivity contribution in [2.45, 2.75) is 45.4 Å². The molecule has 5 nitrogen and oxygen atoms in total. The molecule has 7 heteroatoms. The van der Waals surface area contributed by atoms with Crippen LogP contribution in [0, 0.1) is 0 Å². The summed E-state index contributed by atoms with van der Waals surface area (Å²) in [7, 11) is -0.613. The van der Waals surface area contributed by atoms with Gasteiger partial charge in [0.25, 0.3) is 0 Å². The molecule has 0 aliphatic carbocycles. The number of carbonyl (C=O) groups excluding carboxylic acids is 1. The van der Waals surface area contributed by atoms with E-state index in [1.165, 1.54) is 0 Å². The maximum atomic E-state index is 12.4. The van der Waals surface area contributed by atoms with Gasteiger partial charge in [-0.1, -0.05) is 41.9 Å². The quantitative estimate of drug-likeness (QED) is 0.782. The van der Waals surface area contributed by atoms with Crippen molar-refractivity contribution in [1.29, 1.82) is 0 Å². The predicted molar refractivity (Wildman–Crippen MR) is 109 cm³/mol. The fraction of sp³-hybridized carbons (Fsp3) is 0.350. The van der Waals surface area contributed by atoms with Crippen LogP contribution in [0.2, 0.25) is 5.02 Å². The van der Waals surface area contributed by atoms with E-state index in [0.29, 0.717) is 22.7 Å². The van der Waals surface area contributed by atoms with Gasteiger partial charge in [-0.05, 0) is 51.5 Å². The molecule has 1 fully saturated rings. The van der Waals surface area contributed by atoms with Gasteiger partial charge in [0.2, 0.25) is 0 Å². The highest BCUT2D eigenvalue weighted by molar-refractivity contribution is 6.64. The first-order valence-corrected chi connectivity index (χ1v) is 9.30. The van der Waals surface area contributed by atoms with Gasteiger partial charge in [-0.3, -0.25) is 0 Å². The first kappa shape index (κ1) is 19.7. The van der Waals surface area contributed by atoms with E-state index in [1.54, 1.807) is 18.2 Å². The molecule has 0 radical (unpaired) electrons. The number of halogens is 1. The summed E-state index contributed by atoms with van der Waals surface area (Å²) in [6.45, 7) is 8.37. The highest BCUT2D eigenvalue weighted by Gasteiger charge is 2.52. The normalized spacial score (nSPS) is 17.6. The maximum absolute atomic E-state index is 12.4. The summed E-state index contributed by atoms with van der Waals surface area (Å²) >= 11 is 6.18. The molecule has 2 aromatic carbocycles. The van der Waals surface area contributed by atoms with Crippen LogP contribution in [0.1, 0.15) is 33.3 Å². The third-order valence-corrected chi connectivity index (χ3v) is 5.30. The molecule has 2 N–H and O–H groups in total. The topological polar surface area (TPSA) is 59.6 Å². The van der Waals surface area contributed by atoms with E-state index in [-0.39, 0.29) is 6.03 Å². The van der Waals surface area contributed by atoms with E-state index < -0.39 is 18.3 Å². The van der Waals surface area contributed by atoms with Crippen LogP contribution in [0.4, 0.5) is 10.5 Å². The lowest BCUT2D eigenvalue weighted by Gasteiger charge is -2.32. The number of urea groups is 1. The molecule has 0 atom stereocenters. The number of rotatable bonds is 4. The maximum Gasteiger partial charge on any atom is 0.497 e. The smallest absolute Gasteiger partial charge is 0.399 e. The lowest BCUT2D eigenvalue weighted by molar-refractivity contribution is 0.00578. The van der Waals surface area contributed by atoms with Crippen LogP contribution < -0.4 is 16.1 Å². The minimum atomic E-state index is -0.613. The fourth-order valence-electron chi connectivity index (χ4n) is 2.76. The molecule has 1 heterocycles. The van der Waals surface area contributed by atoms with E-state index in [4.69, 9.17) is 20.9 Å². The summed E-state index contributed by atoms with van der Waals surface area (Å²) in [5.74, 6) is 0. The summed E-state index contributed by atoms with van der Waals surface area (Å²) in [5.41, 5.74) is 1.36. The number of amides is 2. The van der Waals surface area contributed by atoms with Crippen molar-refractivity contribution in [3.05, 3.63) is 59.1 Å². The van der Waals surface area contributed by atoms with Gasteiger partial charge < -0.3 is 19.9 Å². The Hall–Kier alpha value is -2.02. The summed E-state index contributed by atoms with van der Waals surface area (Å²) in [4.78, 5) is 12.4. The average molecular weight is 387 g/mol. The van der Waals surface area contributed by atoms with Crippen LogP contribution in [0.15, 0.2) is 48.5 Å². The van der Waals surface area contributed by atoms with Crippen LogP contribution >= 0.6 is 11.6 Å². The second kappa shape index (κ2) is 7.54. The molecular weight excluding hydrogens is 362 g/mol. The Bertz CT molecular complexity index is 811. The van der Waals surface area contributed by atoms with E-state index >= 15 is 0 Å². The first-order chi connectivity index (χ1) is 12.7. The van der Waals surface area contributed by atoms with Crippen molar-refractivity contribution in [3.8, 4) is 0 Å². The molecule has 0 bridgehead atoms. The molecular formula is C20H24BClN2O3. The van der Waals surface area contributed by atoms with Gasteiger partial charge in [0.05, 0.1) is 11.2 Å². The van der Waals surface area contributed by atoms with E-state index in [9.17, 15) is 4.79 Å². The molecule has 2 amide bonds. The summed E-state index contributed by atoms with van der Waals surface area (Å²) < 4.78 is 12.2. The van der Waals surface area contributed by atoms with Crippen molar-refractivity contribution in [1.82, 2.24) is 5.32 Å². The average Bonchev–Trinajstić information content (AvgIpc) is 2.83. The Morgan fingerprint density at radius 2 is 1.67 bits per heavy atom. The van der Waals surface area contributed by atoms with Crippen molar-refractivity contribution in [2.75, 3.05) is 5.32 Å². The second-order valence-corrected chi connectivity index (χ2v) is 8.05. The Morgan fingerprint density at radius 3 is 2.30 bits per heavy atom. The van der Waals surface area contributed by atoms with Gasteiger partial charge in [-0.15, -0.1) is 0 Å². The Balaban J connectivity index is 1.74. The number of anilines is 1. The highest BCUT2D eigenvalue weighted by Crippen LogP contribution is 2.37. The van der Waals surface area contributed by atoms with Crippen molar-refractivity contribution >= 4 is 35.9 Å². The van der Waals surface area contributed by atoms with E-state index in [1.807, 2.05) is 58.0 Å². The van der Waals surface area contributed by atoms with E-state index in [0.717, 1.165) is 5.56 Å². The third-order valence-electron chi connectivity index (χ3n) is 5.06. The number of hydrogen-bond acceptors (Lipinski definition) is 3. The summed E-state index contributed by atoms with van der Waals surface area (Å²) in [5, 5.41) is 6.27. The van der Waals surface area contributed by atoms with Gasteiger partial charge in [0, 0.05) is 22.7 Å². The van der Waals surface area contributed by atoms with Gasteiger partial charge in [0.1, 0.15) is 0 Å². The van der Waals surface area contributed by atoms with E-state index in [2.05, 4.69) is 10.6 Å². The lowest BCUT2D eigenvalue weighted by atomic mass is 9.78. The Kier molecular flexibility index (Phi) is 5.51. The van der Waals surface area contributed by atoms with Gasteiger partial charge in [0.15, 0.2) is 0 Å². The number of benzene rings is 2. The molecule has 0 aromatic heterocycles. The highest BCUT2D eigenvalue weighted by atomic mass is 35.5. The van der Waals surface area contributed by atoms with Crippen LogP contribution in [0.5, 0.6) is 0 Å². The largest absolute Gasteiger partial charge is 0.497 e. The van der Waals surface area contributed by atoms with Crippen molar-refractivity contribution in [3.63, 3.8) is 0 Å². The molecule has 1 saturated heterocycles. The monoisotopic (exact) mass is 386 g/mol.